The molecule has 0 spiro atoms. The summed E-state index contributed by atoms with van der Waals surface area (Å²) >= 11 is 18.0. The molecule has 6 aromatic rings. The minimum absolute atomic E-state index is 0.184. The van der Waals surface area contributed by atoms with Gasteiger partial charge in [-0.25, -0.2) is 0 Å². The molecule has 10 rings (SSSR count). The number of carboxylic acids is 2. The number of nitrogens with zero attached hydrogens (tertiary/aromatic N) is 6. The van der Waals surface area contributed by atoms with Gasteiger partial charge >= 0.3 is 11.9 Å². The molecule has 0 bridgehead atoms. The van der Waals surface area contributed by atoms with Crippen LogP contribution in [0, 0.1) is 11.8 Å². The summed E-state index contributed by atoms with van der Waals surface area (Å²) < 4.78 is 3.93. The summed E-state index contributed by atoms with van der Waals surface area (Å²) in [5.74, 6) is -3.20. The fraction of sp³-hybridized carbons (Fsp3) is 0.344. The maximum atomic E-state index is 15.6. The van der Waals surface area contributed by atoms with Gasteiger partial charge in [0.15, 0.2) is 0 Å². The van der Waals surface area contributed by atoms with Crippen LogP contribution in [-0.4, -0.2) is 109 Å². The van der Waals surface area contributed by atoms with Gasteiger partial charge in [0.1, 0.15) is 40.9 Å². The lowest BCUT2D eigenvalue weighted by molar-refractivity contribution is -0.138. The number of aliphatic carboxylic acids is 2. The maximum absolute atomic E-state index is 15.6. The summed E-state index contributed by atoms with van der Waals surface area (Å²) in [5, 5.41) is 19.5. The van der Waals surface area contributed by atoms with E-state index in [9.17, 15) is 39.0 Å². The first-order chi connectivity index (χ1) is 42.3. The standard InChI is InChI=1S/C64H64N6O10S8/c1-7-13-15-35(9-3)31-67-51(43-27-25-41(83-43)39-21-17-37(18-22-39)29-45-55(75)69(33-47(71)72)61(85-45)53-59(79)65(11-5)63(81)87-53)49-50(57(67)77)52(68(58(49)78)32-36(10-4)16-14-8-2)44-28-26-42(84-44)40-23-19-38(20-24-40)30-46-56(76)70(34-48(73)74)62(86-46)54-60(80)66(12-6)64(82)88-54/h17-30,35-36H,7-16,31-34H2,1-6H3,(H,71,72)(H,73,74)/b45-29+,46-30+,61-53+,62-54+. The second-order valence-electron chi connectivity index (χ2n) is 21.6. The minimum atomic E-state index is -1.22. The lowest BCUT2D eigenvalue weighted by Gasteiger charge is -2.29. The number of unbranched alkanes of at least 4 members (excludes halogenated alkanes) is 2. The number of hydrogen-bond donors (Lipinski definition) is 2. The SMILES string of the molecule is CCCCC(CC)CN1C(=O)C2=C(c3ccc(-c4ccc(/C=c5/s/c(=C6/SC(=S)N(CC)C6=O)n(CC(=O)O)c5=O)cc4)s3)N(CC(CC)CCCC)C(=O)C2=C1c1ccc(-c2ccc(/C=c3/s/c(=C4/SC(=S)N(CC)C4=O)n(CC(=O)O)c3=O)cc2)s1. The third-order valence-corrected chi connectivity index (χ3v) is 23.6. The van der Waals surface area contributed by atoms with Crippen molar-refractivity contribution in [2.45, 2.75) is 106 Å². The van der Waals surface area contributed by atoms with Crippen molar-refractivity contribution in [3.63, 3.8) is 0 Å². The van der Waals surface area contributed by atoms with Gasteiger partial charge in [0, 0.05) is 35.9 Å². The number of aromatic nitrogens is 2. The van der Waals surface area contributed by atoms with E-state index in [1.54, 1.807) is 26.0 Å². The lowest BCUT2D eigenvalue weighted by atomic mass is 9.98. The van der Waals surface area contributed by atoms with Gasteiger partial charge in [-0.2, -0.15) is 0 Å². The summed E-state index contributed by atoms with van der Waals surface area (Å²) in [6.07, 6.45) is 11.0. The van der Waals surface area contributed by atoms with Crippen LogP contribution in [0.4, 0.5) is 0 Å². The Morgan fingerprint density at radius 1 is 0.489 bits per heavy atom. The average Bonchev–Trinajstić information content (AvgIpc) is 1.67. The zero-order valence-corrected chi connectivity index (χ0v) is 55.8. The molecule has 8 heterocycles. The molecule has 4 aliphatic heterocycles. The third-order valence-electron chi connectivity index (χ3n) is 15.9. The highest BCUT2D eigenvalue weighted by Gasteiger charge is 2.50. The highest BCUT2D eigenvalue weighted by atomic mass is 32.2. The maximum Gasteiger partial charge on any atom is 0.323 e. The normalized spacial score (nSPS) is 17.8. The summed E-state index contributed by atoms with van der Waals surface area (Å²) in [5.41, 5.74) is 4.10. The van der Waals surface area contributed by atoms with Crippen LogP contribution in [0.2, 0.25) is 0 Å². The van der Waals surface area contributed by atoms with Gasteiger partial charge in [0.2, 0.25) is 0 Å². The smallest absolute Gasteiger partial charge is 0.323 e. The van der Waals surface area contributed by atoms with Crippen LogP contribution in [0.25, 0.3) is 54.2 Å². The van der Waals surface area contributed by atoms with Crippen LogP contribution in [-0.2, 0) is 41.9 Å². The summed E-state index contributed by atoms with van der Waals surface area (Å²) in [7, 11) is 0. The largest absolute Gasteiger partial charge is 0.480 e. The molecule has 2 N–H and O–H groups in total. The van der Waals surface area contributed by atoms with Crippen LogP contribution >= 0.6 is 93.3 Å². The van der Waals surface area contributed by atoms with E-state index < -0.39 is 36.1 Å². The number of benzene rings is 2. The molecule has 0 saturated carbocycles. The fourth-order valence-corrected chi connectivity index (χ4v) is 18.6. The highest BCUT2D eigenvalue weighted by Crippen LogP contribution is 2.51. The molecule has 16 nitrogen and oxygen atoms in total. The number of thioether (sulfide) groups is 2. The number of thiophene rings is 2. The molecule has 2 atom stereocenters. The van der Waals surface area contributed by atoms with E-state index in [4.69, 9.17) is 24.4 Å². The van der Waals surface area contributed by atoms with E-state index >= 15 is 9.59 Å². The Labute approximate surface area is 543 Å². The second-order valence-corrected chi connectivity index (χ2v) is 29.1. The number of carbonyl (C=O) groups is 6. The Bertz CT molecular complexity index is 4040. The van der Waals surface area contributed by atoms with Crippen molar-refractivity contribution in [2.75, 3.05) is 26.2 Å². The van der Waals surface area contributed by atoms with Gasteiger partial charge in [0.25, 0.3) is 34.7 Å². The van der Waals surface area contributed by atoms with Crippen LogP contribution < -0.4 is 29.5 Å². The Kier molecular flexibility index (Phi) is 20.2. The first kappa shape index (κ1) is 64.3. The third kappa shape index (κ3) is 12.8. The average molecular weight is 1330 g/mol. The molecule has 4 aliphatic rings. The predicted molar refractivity (Wildman–Crippen MR) is 363 cm³/mol. The molecule has 2 aromatic carbocycles. The zero-order valence-electron chi connectivity index (χ0n) is 49.2. The van der Waals surface area contributed by atoms with Gasteiger partial charge in [-0.1, -0.05) is 163 Å². The highest BCUT2D eigenvalue weighted by molar-refractivity contribution is 8.30. The van der Waals surface area contributed by atoms with Gasteiger partial charge in [-0.15, -0.1) is 45.3 Å². The van der Waals surface area contributed by atoms with Crippen LogP contribution in [0.15, 0.2) is 93.5 Å². The van der Waals surface area contributed by atoms with E-state index in [0.717, 1.165) is 137 Å². The number of rotatable bonds is 24. The van der Waals surface area contributed by atoms with Gasteiger partial charge in [-0.05, 0) is 97.2 Å². The van der Waals surface area contributed by atoms with E-state index in [0.29, 0.717) is 68.5 Å². The molecule has 88 heavy (non-hydrogen) atoms. The summed E-state index contributed by atoms with van der Waals surface area (Å²) in [6.45, 7) is 12.5. The Morgan fingerprint density at radius 2 is 0.852 bits per heavy atom. The number of thiazole rings is 2. The molecule has 2 saturated heterocycles. The minimum Gasteiger partial charge on any atom is -0.480 e. The Balaban J connectivity index is 1.02. The number of amides is 4. The first-order valence-corrected chi connectivity index (χ1v) is 35.0. The van der Waals surface area contributed by atoms with Crippen molar-refractivity contribution in [3.05, 3.63) is 144 Å². The summed E-state index contributed by atoms with van der Waals surface area (Å²) in [4.78, 5) is 120. The van der Waals surface area contributed by atoms with Gasteiger partial charge in [-0.3, -0.25) is 57.3 Å². The quantitative estimate of drug-likeness (QED) is 0.0543. The molecule has 2 fully saturated rings. The molecule has 4 aromatic heterocycles. The van der Waals surface area contributed by atoms with Crippen molar-refractivity contribution in [3.8, 4) is 20.9 Å². The molecule has 2 unspecified atom stereocenters. The van der Waals surface area contributed by atoms with E-state index in [-0.39, 0.29) is 63.7 Å². The predicted octanol–water partition coefficient (Wildman–Crippen LogP) is 9.63. The van der Waals surface area contributed by atoms with Crippen LogP contribution in [0.1, 0.15) is 114 Å². The van der Waals surface area contributed by atoms with Crippen molar-refractivity contribution in [2.24, 2.45) is 11.8 Å². The fourth-order valence-electron chi connectivity index (χ4n) is 11.2. The van der Waals surface area contributed by atoms with Crippen molar-refractivity contribution >= 4 is 171 Å². The Hall–Kier alpha value is -6.64. The molecule has 24 heteroatoms. The molecular formula is C64H64N6O10S8. The summed E-state index contributed by atoms with van der Waals surface area (Å²) in [6, 6.07) is 23.2. The molecule has 4 amide bonds. The molecular weight excluding hydrogens is 1270 g/mol. The van der Waals surface area contributed by atoms with Gasteiger partial charge < -0.3 is 20.0 Å². The zero-order chi connectivity index (χ0) is 62.8. The van der Waals surface area contributed by atoms with E-state index in [2.05, 4.69) is 27.7 Å². The number of fused-ring (bicyclic) bond motifs is 1. The van der Waals surface area contributed by atoms with E-state index in [1.165, 1.54) is 32.5 Å². The lowest BCUT2D eigenvalue weighted by Crippen LogP contribution is -2.35. The topological polar surface area (TPSA) is 200 Å². The van der Waals surface area contributed by atoms with Crippen molar-refractivity contribution < 1.29 is 39.0 Å². The number of thiocarbonyl (C=S) groups is 2. The van der Waals surface area contributed by atoms with Crippen LogP contribution in [0.5, 0.6) is 0 Å². The molecule has 458 valence electrons. The number of carboxylic acid groups (broad SMARTS) is 2. The monoisotopic (exact) mass is 1330 g/mol. The van der Waals surface area contributed by atoms with Crippen molar-refractivity contribution in [1.82, 2.24) is 28.7 Å². The van der Waals surface area contributed by atoms with Crippen LogP contribution in [0.3, 0.4) is 0 Å². The van der Waals surface area contributed by atoms with Crippen molar-refractivity contribution in [1.29, 1.82) is 0 Å². The Morgan fingerprint density at radius 3 is 1.17 bits per heavy atom. The molecule has 0 aliphatic carbocycles. The first-order valence-electron chi connectivity index (χ1n) is 29.3. The molecule has 0 radical (unpaired) electrons. The second kappa shape index (κ2) is 27.6. The number of carbonyl (C=O) groups excluding carboxylic acids is 4. The number of hydrogen-bond acceptors (Lipinski definition) is 16. The van der Waals surface area contributed by atoms with Gasteiger partial charge in [0.05, 0.1) is 41.4 Å². The van der Waals surface area contributed by atoms with E-state index in [1.807, 2.05) is 82.6 Å².